The molecule has 0 aliphatic heterocycles. The molecule has 212 valence electrons. The molecule has 0 unspecified atom stereocenters. The maximum Gasteiger partial charge on any atom is 0.407 e. The average Bonchev–Trinajstić information content (AvgIpc) is 3.27. The summed E-state index contributed by atoms with van der Waals surface area (Å²) in [5.41, 5.74) is 4.69. The second-order valence-electron chi connectivity index (χ2n) is 8.17. The summed E-state index contributed by atoms with van der Waals surface area (Å²) in [6.45, 7) is 2.23. The van der Waals surface area contributed by atoms with Crippen molar-refractivity contribution in [2.24, 2.45) is 0 Å². The minimum absolute atomic E-state index is 0.0214. The molecule has 0 aromatic heterocycles. The summed E-state index contributed by atoms with van der Waals surface area (Å²) in [5.74, 6) is -0.456. The van der Waals surface area contributed by atoms with Crippen molar-refractivity contribution >= 4 is 45.5 Å². The van der Waals surface area contributed by atoms with E-state index < -0.39 is 6.09 Å². The van der Waals surface area contributed by atoms with Crippen LogP contribution in [-0.2, 0) is 23.9 Å². The lowest BCUT2D eigenvalue weighted by molar-refractivity contribution is -0.124. The lowest BCUT2D eigenvalue weighted by Gasteiger charge is -2.14. The van der Waals surface area contributed by atoms with Gasteiger partial charge in [-0.1, -0.05) is 64.5 Å². The van der Waals surface area contributed by atoms with Crippen LogP contribution in [-0.4, -0.2) is 82.3 Å². The van der Waals surface area contributed by atoms with E-state index in [9.17, 15) is 24.0 Å². The third-order valence-corrected chi connectivity index (χ3v) is 5.80. The molecule has 0 saturated carbocycles. The summed E-state index contributed by atoms with van der Waals surface area (Å²) in [7, 11) is 4.78. The van der Waals surface area contributed by atoms with Crippen LogP contribution in [0.25, 0.3) is 11.1 Å². The highest BCUT2D eigenvalue weighted by atomic mass is 79.9. The number of hydrogen-bond acceptors (Lipinski definition) is 7. The van der Waals surface area contributed by atoms with E-state index in [0.717, 1.165) is 11.1 Å². The fourth-order valence-electron chi connectivity index (χ4n) is 3.45. The zero-order valence-electron chi connectivity index (χ0n) is 22.6. The van der Waals surface area contributed by atoms with Gasteiger partial charge in [-0.15, -0.1) is 0 Å². The van der Waals surface area contributed by atoms with Gasteiger partial charge in [0.05, 0.1) is 25.0 Å². The Bertz CT molecular complexity index is 1070. The molecule has 0 bridgehead atoms. The number of alkyl halides is 1. The summed E-state index contributed by atoms with van der Waals surface area (Å²) < 4.78 is 5.30. The van der Waals surface area contributed by atoms with Crippen molar-refractivity contribution in [1.82, 2.24) is 26.6 Å². The number of Topliss-reactive ketones (excluding diaryl/α,β-unsaturated/α-hetero) is 1. The van der Waals surface area contributed by atoms with Gasteiger partial charge in [0.25, 0.3) is 0 Å². The van der Waals surface area contributed by atoms with E-state index >= 15 is 0 Å². The number of alkyl carbamates (subject to hydrolysis) is 1. The first-order valence-electron chi connectivity index (χ1n) is 12.1. The molecule has 39 heavy (non-hydrogen) atoms. The number of ether oxygens (including phenoxy) is 1. The van der Waals surface area contributed by atoms with Gasteiger partial charge in [-0.3, -0.25) is 19.2 Å². The highest BCUT2D eigenvalue weighted by Crippen LogP contribution is 2.44. The quantitative estimate of drug-likeness (QED) is 0.270. The molecule has 1 aliphatic carbocycles. The van der Waals surface area contributed by atoms with Gasteiger partial charge in [0, 0.05) is 20.0 Å². The highest BCUT2D eigenvalue weighted by Gasteiger charge is 2.28. The van der Waals surface area contributed by atoms with E-state index in [4.69, 9.17) is 4.74 Å². The summed E-state index contributed by atoms with van der Waals surface area (Å²) in [5, 5.41) is 12.6. The molecule has 5 N–H and O–H groups in total. The van der Waals surface area contributed by atoms with Crippen LogP contribution in [0.4, 0.5) is 4.79 Å². The number of ketones is 1. The third kappa shape index (κ3) is 12.1. The summed E-state index contributed by atoms with van der Waals surface area (Å²) in [6, 6.07) is 16.3. The van der Waals surface area contributed by atoms with Crippen molar-refractivity contribution in [3.05, 3.63) is 59.7 Å². The fraction of sp³-hybridized carbons (Fsp3) is 0.370. The average molecular weight is 607 g/mol. The van der Waals surface area contributed by atoms with Gasteiger partial charge in [-0.25, -0.2) is 4.79 Å². The van der Waals surface area contributed by atoms with Crippen molar-refractivity contribution in [1.29, 1.82) is 0 Å². The molecule has 12 heteroatoms. The molecule has 0 fully saturated rings. The number of benzene rings is 2. The number of carbonyl (C=O) groups excluding carboxylic acids is 5. The Hall–Kier alpha value is -3.77. The standard InChI is InChI=1S/C18H18N2O3.C5H9BrN2O2.C4H9NO/c1-19-17(21)10-20-18(22)23-11-16-14-8-4-2-6-12(14)13-7-3-5-9-15(13)16;1-7-5(10)3-8-4(9)2-6;1-4(6)3-5-2/h2-9,16H,10-11H2,1H3,(H,19,21)(H,20,22);2-3H2,1H3,(H,7,10)(H,8,9);5H,3H2,1-2H3. The zero-order chi connectivity index (χ0) is 29.2. The number of rotatable bonds is 9. The molecule has 1 aliphatic rings. The number of amides is 4. The van der Waals surface area contributed by atoms with Crippen LogP contribution < -0.4 is 26.6 Å². The predicted molar refractivity (Wildman–Crippen MR) is 153 cm³/mol. The van der Waals surface area contributed by atoms with Crippen LogP contribution >= 0.6 is 15.9 Å². The molecule has 0 atom stereocenters. The number of carbonyl (C=O) groups is 5. The molecule has 11 nitrogen and oxygen atoms in total. The molecule has 0 saturated heterocycles. The maximum atomic E-state index is 11.7. The Morgan fingerprint density at radius 2 is 1.23 bits per heavy atom. The van der Waals surface area contributed by atoms with Gasteiger partial charge in [-0.05, 0) is 36.2 Å². The van der Waals surface area contributed by atoms with Gasteiger partial charge in [0.1, 0.15) is 12.4 Å². The van der Waals surface area contributed by atoms with Crippen LogP contribution in [0.15, 0.2) is 48.5 Å². The summed E-state index contributed by atoms with van der Waals surface area (Å²) in [4.78, 5) is 53.8. The second-order valence-corrected chi connectivity index (χ2v) is 8.73. The van der Waals surface area contributed by atoms with E-state index in [1.54, 1.807) is 14.0 Å². The van der Waals surface area contributed by atoms with Crippen LogP contribution in [0.3, 0.4) is 0 Å². The fourth-order valence-corrected chi connectivity index (χ4v) is 3.65. The molecule has 2 aromatic carbocycles. The normalized spacial score (nSPS) is 10.7. The van der Waals surface area contributed by atoms with Gasteiger partial charge in [0.15, 0.2) is 0 Å². The number of nitrogens with one attached hydrogen (secondary N) is 5. The topological polar surface area (TPSA) is 155 Å². The molecular weight excluding hydrogens is 570 g/mol. The van der Waals surface area contributed by atoms with Gasteiger partial charge >= 0.3 is 6.09 Å². The van der Waals surface area contributed by atoms with Crippen LogP contribution in [0.5, 0.6) is 0 Å². The first kappa shape index (κ1) is 33.3. The predicted octanol–water partition coefficient (Wildman–Crippen LogP) is 1.31. The lowest BCUT2D eigenvalue weighted by Crippen LogP contribution is -2.35. The molecule has 2 aromatic rings. The summed E-state index contributed by atoms with van der Waals surface area (Å²) in [6.07, 6.45) is -0.588. The van der Waals surface area contributed by atoms with E-state index in [-0.39, 0.29) is 54.4 Å². The van der Waals surface area contributed by atoms with Crippen LogP contribution in [0.2, 0.25) is 0 Å². The highest BCUT2D eigenvalue weighted by molar-refractivity contribution is 9.09. The molecule has 3 rings (SSSR count). The number of halogens is 1. The van der Waals surface area contributed by atoms with Crippen LogP contribution in [0.1, 0.15) is 24.0 Å². The van der Waals surface area contributed by atoms with Crippen molar-refractivity contribution in [2.75, 3.05) is 52.7 Å². The zero-order valence-corrected chi connectivity index (χ0v) is 24.1. The van der Waals surface area contributed by atoms with Gasteiger partial charge in [-0.2, -0.15) is 0 Å². The Balaban J connectivity index is 0.000000395. The molecule has 0 heterocycles. The number of likely N-dealkylation sites (N-methyl/N-ethyl adjacent to an activating group) is 3. The van der Waals surface area contributed by atoms with Crippen molar-refractivity contribution in [2.45, 2.75) is 12.8 Å². The van der Waals surface area contributed by atoms with E-state index in [1.165, 1.54) is 25.2 Å². The summed E-state index contributed by atoms with van der Waals surface area (Å²) >= 11 is 2.94. The second kappa shape index (κ2) is 18.5. The third-order valence-electron chi connectivity index (χ3n) is 5.29. The Kier molecular flexibility index (Phi) is 15.8. The van der Waals surface area contributed by atoms with Crippen molar-refractivity contribution in [3.8, 4) is 11.1 Å². The van der Waals surface area contributed by atoms with Gasteiger partial charge < -0.3 is 31.3 Å². The largest absolute Gasteiger partial charge is 0.449 e. The number of fused-ring (bicyclic) bond motifs is 3. The smallest absolute Gasteiger partial charge is 0.407 e. The molecular formula is C27H36BrN5O6. The molecule has 4 amide bonds. The Morgan fingerprint density at radius 3 is 1.64 bits per heavy atom. The van der Waals surface area contributed by atoms with E-state index in [1.807, 2.05) is 24.3 Å². The van der Waals surface area contributed by atoms with E-state index in [0.29, 0.717) is 6.54 Å². The Morgan fingerprint density at radius 1 is 0.744 bits per heavy atom. The lowest BCUT2D eigenvalue weighted by atomic mass is 9.98. The van der Waals surface area contributed by atoms with Gasteiger partial charge in [0.2, 0.25) is 17.7 Å². The van der Waals surface area contributed by atoms with Crippen molar-refractivity contribution in [3.63, 3.8) is 0 Å². The maximum absolute atomic E-state index is 11.7. The molecule has 0 radical (unpaired) electrons. The number of hydrogen-bond donors (Lipinski definition) is 5. The Labute approximate surface area is 237 Å². The minimum atomic E-state index is -0.588. The molecule has 0 spiro atoms. The first-order valence-corrected chi connectivity index (χ1v) is 13.3. The monoisotopic (exact) mass is 605 g/mol. The van der Waals surface area contributed by atoms with Crippen LogP contribution in [0, 0.1) is 0 Å². The first-order chi connectivity index (χ1) is 18.7. The minimum Gasteiger partial charge on any atom is -0.449 e. The SMILES string of the molecule is CNC(=O)CNC(=O)CBr.CNC(=O)CNC(=O)OCC1c2ccccc2-c2ccccc21.CNCC(C)=O. The van der Waals surface area contributed by atoms with E-state index in [2.05, 4.69) is 66.8 Å². The van der Waals surface area contributed by atoms with Crippen molar-refractivity contribution < 1.29 is 28.7 Å².